The molecule has 154 valence electrons. The second-order valence-electron chi connectivity index (χ2n) is 7.42. The highest BCUT2D eigenvalue weighted by molar-refractivity contribution is 5.94. The van der Waals surface area contributed by atoms with Gasteiger partial charge in [0.2, 0.25) is 11.8 Å². The first-order valence-corrected chi connectivity index (χ1v) is 8.98. The Kier molecular flexibility index (Phi) is 6.93. The van der Waals surface area contributed by atoms with Crippen molar-refractivity contribution in [2.45, 2.75) is 39.7 Å². The van der Waals surface area contributed by atoms with Crippen LogP contribution < -0.4 is 16.0 Å². The van der Waals surface area contributed by atoms with E-state index in [0.717, 1.165) is 11.6 Å². The lowest BCUT2D eigenvalue weighted by Gasteiger charge is -2.20. The van der Waals surface area contributed by atoms with Crippen molar-refractivity contribution in [1.82, 2.24) is 0 Å². The summed E-state index contributed by atoms with van der Waals surface area (Å²) in [5.41, 5.74) is 0.889. The predicted octanol–water partition coefficient (Wildman–Crippen LogP) is 4.31. The summed E-state index contributed by atoms with van der Waals surface area (Å²) < 4.78 is 19.1. The van der Waals surface area contributed by atoms with Crippen LogP contribution in [0.25, 0.3) is 0 Å². The SMILES string of the molecule is CC(=O)Nc1ccc(CC(=O)Nc2ccc(F)c(NC(=O)OC(C)(C)C)c2)cc1. The first-order chi connectivity index (χ1) is 13.5. The van der Waals surface area contributed by atoms with Gasteiger partial charge in [-0.15, -0.1) is 0 Å². The summed E-state index contributed by atoms with van der Waals surface area (Å²) in [4.78, 5) is 35.1. The van der Waals surface area contributed by atoms with Crippen molar-refractivity contribution in [3.8, 4) is 0 Å². The van der Waals surface area contributed by atoms with Gasteiger partial charge in [0, 0.05) is 18.3 Å². The molecule has 0 aromatic heterocycles. The maximum Gasteiger partial charge on any atom is 0.412 e. The monoisotopic (exact) mass is 401 g/mol. The highest BCUT2D eigenvalue weighted by Crippen LogP contribution is 2.21. The molecule has 0 heterocycles. The van der Waals surface area contributed by atoms with Crippen molar-refractivity contribution in [2.24, 2.45) is 0 Å². The Morgan fingerprint density at radius 2 is 1.55 bits per heavy atom. The second-order valence-corrected chi connectivity index (χ2v) is 7.42. The van der Waals surface area contributed by atoms with Crippen LogP contribution in [0.5, 0.6) is 0 Å². The Bertz CT molecular complexity index is 905. The van der Waals surface area contributed by atoms with Crippen LogP contribution >= 0.6 is 0 Å². The van der Waals surface area contributed by atoms with Gasteiger partial charge in [-0.2, -0.15) is 0 Å². The van der Waals surface area contributed by atoms with Crippen molar-refractivity contribution >= 4 is 35.0 Å². The molecule has 2 rings (SSSR count). The molecular weight excluding hydrogens is 377 g/mol. The number of halogens is 1. The molecule has 0 spiro atoms. The topological polar surface area (TPSA) is 96.5 Å². The molecule has 2 aromatic rings. The van der Waals surface area contributed by atoms with Gasteiger partial charge in [0.1, 0.15) is 11.4 Å². The molecule has 0 fully saturated rings. The molecule has 3 N–H and O–H groups in total. The normalized spacial score (nSPS) is 10.8. The molecule has 7 nitrogen and oxygen atoms in total. The summed E-state index contributed by atoms with van der Waals surface area (Å²) in [5.74, 6) is -1.14. The van der Waals surface area contributed by atoms with Gasteiger partial charge in [-0.3, -0.25) is 14.9 Å². The first-order valence-electron chi connectivity index (χ1n) is 8.98. The molecule has 2 aromatic carbocycles. The van der Waals surface area contributed by atoms with Crippen LogP contribution in [0.4, 0.5) is 26.2 Å². The average Bonchev–Trinajstić information content (AvgIpc) is 2.57. The molecule has 0 unspecified atom stereocenters. The molecule has 0 atom stereocenters. The zero-order valence-corrected chi connectivity index (χ0v) is 16.8. The van der Waals surface area contributed by atoms with Gasteiger partial charge in [-0.05, 0) is 56.7 Å². The molecule has 0 aliphatic carbocycles. The van der Waals surface area contributed by atoms with E-state index in [2.05, 4.69) is 16.0 Å². The van der Waals surface area contributed by atoms with Crippen molar-refractivity contribution < 1.29 is 23.5 Å². The van der Waals surface area contributed by atoms with E-state index in [9.17, 15) is 18.8 Å². The van der Waals surface area contributed by atoms with Crippen LogP contribution in [-0.2, 0) is 20.7 Å². The summed E-state index contributed by atoms with van der Waals surface area (Å²) >= 11 is 0. The number of anilines is 3. The van der Waals surface area contributed by atoms with Gasteiger partial charge in [-0.25, -0.2) is 9.18 Å². The lowest BCUT2D eigenvalue weighted by atomic mass is 10.1. The number of rotatable bonds is 5. The number of ether oxygens (including phenoxy) is 1. The van der Waals surface area contributed by atoms with Crippen LogP contribution in [-0.4, -0.2) is 23.5 Å². The van der Waals surface area contributed by atoms with Gasteiger partial charge in [0.15, 0.2) is 0 Å². The molecule has 8 heteroatoms. The summed E-state index contributed by atoms with van der Waals surface area (Å²) in [5, 5.41) is 7.64. The minimum Gasteiger partial charge on any atom is -0.444 e. The molecule has 3 amide bonds. The molecular formula is C21H24FN3O4. The van der Waals surface area contributed by atoms with E-state index in [1.54, 1.807) is 45.0 Å². The van der Waals surface area contributed by atoms with E-state index >= 15 is 0 Å². The van der Waals surface area contributed by atoms with E-state index in [-0.39, 0.29) is 23.9 Å². The smallest absolute Gasteiger partial charge is 0.412 e. The summed E-state index contributed by atoms with van der Waals surface area (Å²) in [6.45, 7) is 6.50. The zero-order valence-electron chi connectivity index (χ0n) is 16.8. The van der Waals surface area contributed by atoms with Crippen LogP contribution in [0.1, 0.15) is 33.3 Å². The van der Waals surface area contributed by atoms with Crippen LogP contribution in [0.15, 0.2) is 42.5 Å². The molecule has 0 radical (unpaired) electrons. The van der Waals surface area contributed by atoms with E-state index in [1.165, 1.54) is 19.1 Å². The van der Waals surface area contributed by atoms with E-state index < -0.39 is 17.5 Å². The van der Waals surface area contributed by atoms with E-state index in [4.69, 9.17) is 4.74 Å². The largest absolute Gasteiger partial charge is 0.444 e. The second kappa shape index (κ2) is 9.18. The van der Waals surface area contributed by atoms with Crippen molar-refractivity contribution in [3.63, 3.8) is 0 Å². The van der Waals surface area contributed by atoms with Gasteiger partial charge < -0.3 is 15.4 Å². The fraction of sp³-hybridized carbons (Fsp3) is 0.286. The van der Waals surface area contributed by atoms with Gasteiger partial charge in [-0.1, -0.05) is 12.1 Å². The van der Waals surface area contributed by atoms with Crippen molar-refractivity contribution in [3.05, 3.63) is 53.8 Å². The standard InChI is InChI=1S/C21H24FN3O4/c1-13(26)23-15-7-5-14(6-8-15)11-19(27)24-16-9-10-17(22)18(12-16)25-20(28)29-21(2,3)4/h5-10,12H,11H2,1-4H3,(H,23,26)(H,24,27)(H,25,28). The molecule has 29 heavy (non-hydrogen) atoms. The number of carbonyl (C=O) groups is 3. The molecule has 0 bridgehead atoms. The Labute approximate surface area is 168 Å². The highest BCUT2D eigenvalue weighted by atomic mass is 19.1. The molecule has 0 saturated heterocycles. The minimum atomic E-state index is -0.792. The number of carbonyl (C=O) groups excluding carboxylic acids is 3. The Morgan fingerprint density at radius 3 is 2.14 bits per heavy atom. The van der Waals surface area contributed by atoms with Crippen molar-refractivity contribution in [1.29, 1.82) is 0 Å². The maximum atomic E-state index is 14.0. The lowest BCUT2D eigenvalue weighted by molar-refractivity contribution is -0.116. The number of hydrogen-bond donors (Lipinski definition) is 3. The number of nitrogens with one attached hydrogen (secondary N) is 3. The zero-order chi connectivity index (χ0) is 21.6. The summed E-state index contributed by atoms with van der Waals surface area (Å²) in [6, 6.07) is 10.7. The van der Waals surface area contributed by atoms with Gasteiger partial charge in [0.25, 0.3) is 0 Å². The van der Waals surface area contributed by atoms with Crippen LogP contribution in [0.3, 0.4) is 0 Å². The number of hydrogen-bond acceptors (Lipinski definition) is 4. The number of amides is 3. The predicted molar refractivity (Wildman–Crippen MR) is 109 cm³/mol. The Balaban J connectivity index is 1.99. The molecule has 0 aliphatic heterocycles. The maximum absolute atomic E-state index is 14.0. The van der Waals surface area contributed by atoms with E-state index in [0.29, 0.717) is 11.4 Å². The first kappa shape index (κ1) is 21.9. The number of benzene rings is 2. The van der Waals surface area contributed by atoms with E-state index in [1.807, 2.05) is 0 Å². The van der Waals surface area contributed by atoms with Gasteiger partial charge in [0.05, 0.1) is 12.1 Å². The summed E-state index contributed by atoms with van der Waals surface area (Å²) in [7, 11) is 0. The lowest BCUT2D eigenvalue weighted by Crippen LogP contribution is -2.27. The van der Waals surface area contributed by atoms with Crippen LogP contribution in [0, 0.1) is 5.82 Å². The third-order valence-electron chi connectivity index (χ3n) is 3.52. The Hall–Kier alpha value is -3.42. The fourth-order valence-electron chi connectivity index (χ4n) is 2.41. The third-order valence-corrected chi connectivity index (χ3v) is 3.52. The third kappa shape index (κ3) is 7.61. The quantitative estimate of drug-likeness (QED) is 0.695. The fourth-order valence-corrected chi connectivity index (χ4v) is 2.41. The summed E-state index contributed by atoms with van der Waals surface area (Å²) in [6.07, 6.45) is -0.703. The Morgan fingerprint density at radius 1 is 0.931 bits per heavy atom. The average molecular weight is 401 g/mol. The van der Waals surface area contributed by atoms with Gasteiger partial charge >= 0.3 is 6.09 Å². The molecule has 0 aliphatic rings. The van der Waals surface area contributed by atoms with Crippen molar-refractivity contribution in [2.75, 3.05) is 16.0 Å². The molecule has 0 saturated carbocycles. The minimum absolute atomic E-state index is 0.0898. The highest BCUT2D eigenvalue weighted by Gasteiger charge is 2.18. The van der Waals surface area contributed by atoms with Crippen LogP contribution in [0.2, 0.25) is 0 Å².